The number of amides is 1. The van der Waals surface area contributed by atoms with E-state index < -0.39 is 0 Å². The van der Waals surface area contributed by atoms with Crippen molar-refractivity contribution < 1.29 is 9.21 Å². The Morgan fingerprint density at radius 3 is 2.54 bits per heavy atom. The topological polar surface area (TPSA) is 48.7 Å². The summed E-state index contributed by atoms with van der Waals surface area (Å²) in [5, 5.41) is 2.86. The molecule has 0 unspecified atom stereocenters. The second-order valence-electron chi connectivity index (χ2n) is 6.14. The minimum absolute atomic E-state index is 0.120. The smallest absolute Gasteiger partial charge is 0.234 e. The molecule has 5 nitrogen and oxygen atoms in total. The lowest BCUT2D eigenvalue weighted by Gasteiger charge is -2.34. The van der Waals surface area contributed by atoms with E-state index in [2.05, 4.69) is 33.3 Å². The van der Waals surface area contributed by atoms with Crippen molar-refractivity contribution in [2.24, 2.45) is 0 Å². The van der Waals surface area contributed by atoms with Crippen LogP contribution in [0.2, 0.25) is 0 Å². The zero-order chi connectivity index (χ0) is 16.8. The Balaban J connectivity index is 1.56. The maximum atomic E-state index is 11.7. The van der Waals surface area contributed by atoms with E-state index in [0.717, 1.165) is 44.0 Å². The quantitative estimate of drug-likeness (QED) is 0.884. The molecule has 0 aliphatic carbocycles. The monoisotopic (exact) mass is 327 g/mol. The molecule has 1 saturated heterocycles. The largest absolute Gasteiger partial charge is 0.464 e. The van der Waals surface area contributed by atoms with Gasteiger partial charge in [0.05, 0.1) is 12.8 Å². The highest BCUT2D eigenvalue weighted by atomic mass is 16.3. The van der Waals surface area contributed by atoms with Crippen molar-refractivity contribution in [3.8, 4) is 11.3 Å². The average Bonchev–Trinajstić information content (AvgIpc) is 3.12. The number of benzene rings is 1. The standard InChI is InChI=1S/C19H25N3O2/c1-2-20-19(23)15-22-11-9-21(10-12-22)14-16-6-3-4-7-17(16)18-8-5-13-24-18/h3-8,13H,2,9-12,14-15H2,1H3,(H,20,23). The Kier molecular flexibility index (Phi) is 5.67. The zero-order valence-corrected chi connectivity index (χ0v) is 14.2. The van der Waals surface area contributed by atoms with Gasteiger partial charge >= 0.3 is 0 Å². The normalized spacial score (nSPS) is 16.2. The Labute approximate surface area is 143 Å². The lowest BCUT2D eigenvalue weighted by molar-refractivity contribution is -0.122. The number of hydrogen-bond donors (Lipinski definition) is 1. The van der Waals surface area contributed by atoms with Crippen molar-refractivity contribution in [3.05, 3.63) is 48.2 Å². The van der Waals surface area contributed by atoms with Crippen LogP contribution >= 0.6 is 0 Å². The van der Waals surface area contributed by atoms with Crippen LogP contribution in [0.3, 0.4) is 0 Å². The predicted molar refractivity (Wildman–Crippen MR) is 94.5 cm³/mol. The highest BCUT2D eigenvalue weighted by Gasteiger charge is 2.19. The molecule has 3 rings (SSSR count). The van der Waals surface area contributed by atoms with E-state index >= 15 is 0 Å². The molecule has 5 heteroatoms. The first-order chi connectivity index (χ1) is 11.8. The van der Waals surface area contributed by atoms with Crippen LogP contribution in [0, 0.1) is 0 Å². The molecule has 0 saturated carbocycles. The fourth-order valence-electron chi connectivity index (χ4n) is 3.13. The summed E-state index contributed by atoms with van der Waals surface area (Å²) in [7, 11) is 0. The van der Waals surface area contributed by atoms with Crippen molar-refractivity contribution in [1.29, 1.82) is 0 Å². The molecular formula is C19H25N3O2. The van der Waals surface area contributed by atoms with Gasteiger partial charge in [-0.25, -0.2) is 0 Å². The molecule has 1 aliphatic heterocycles. The third-order valence-corrected chi connectivity index (χ3v) is 4.40. The van der Waals surface area contributed by atoms with Crippen LogP contribution in [0.25, 0.3) is 11.3 Å². The number of nitrogens with zero attached hydrogens (tertiary/aromatic N) is 2. The predicted octanol–water partition coefficient (Wildman–Crippen LogP) is 2.20. The van der Waals surface area contributed by atoms with Crippen LogP contribution in [0.15, 0.2) is 47.1 Å². The Morgan fingerprint density at radius 2 is 1.83 bits per heavy atom. The number of likely N-dealkylation sites (N-methyl/N-ethyl adjacent to an activating group) is 1. The highest BCUT2D eigenvalue weighted by molar-refractivity contribution is 5.77. The fourth-order valence-corrected chi connectivity index (χ4v) is 3.13. The minimum atomic E-state index is 0.120. The number of piperazine rings is 1. The van der Waals surface area contributed by atoms with E-state index in [-0.39, 0.29) is 5.91 Å². The van der Waals surface area contributed by atoms with E-state index in [1.807, 2.05) is 25.1 Å². The summed E-state index contributed by atoms with van der Waals surface area (Å²) in [5.41, 5.74) is 2.44. The summed E-state index contributed by atoms with van der Waals surface area (Å²) in [4.78, 5) is 16.3. The summed E-state index contributed by atoms with van der Waals surface area (Å²) in [5.74, 6) is 1.04. The van der Waals surface area contributed by atoms with E-state index in [9.17, 15) is 4.79 Å². The number of carbonyl (C=O) groups is 1. The van der Waals surface area contributed by atoms with E-state index in [1.165, 1.54) is 5.56 Å². The number of furan rings is 1. The maximum Gasteiger partial charge on any atom is 0.234 e. The van der Waals surface area contributed by atoms with Gasteiger partial charge in [-0.05, 0) is 24.6 Å². The summed E-state index contributed by atoms with van der Waals surface area (Å²) >= 11 is 0. The molecule has 0 radical (unpaired) electrons. The fraction of sp³-hybridized carbons (Fsp3) is 0.421. The highest BCUT2D eigenvalue weighted by Crippen LogP contribution is 2.25. The second kappa shape index (κ2) is 8.13. The molecule has 1 amide bonds. The number of carbonyl (C=O) groups excluding carboxylic acids is 1. The molecular weight excluding hydrogens is 302 g/mol. The first kappa shape index (κ1) is 16.7. The molecule has 1 aliphatic rings. The van der Waals surface area contributed by atoms with Gasteiger partial charge in [-0.15, -0.1) is 0 Å². The summed E-state index contributed by atoms with van der Waals surface area (Å²) in [6, 6.07) is 12.3. The van der Waals surface area contributed by atoms with Crippen LogP contribution in [-0.4, -0.2) is 55.0 Å². The molecule has 2 heterocycles. The lowest BCUT2D eigenvalue weighted by Crippen LogP contribution is -2.49. The van der Waals surface area contributed by atoms with Crippen molar-refractivity contribution in [3.63, 3.8) is 0 Å². The molecule has 24 heavy (non-hydrogen) atoms. The van der Waals surface area contributed by atoms with Crippen molar-refractivity contribution in [2.75, 3.05) is 39.3 Å². The van der Waals surface area contributed by atoms with Gasteiger partial charge in [0.15, 0.2) is 0 Å². The second-order valence-corrected chi connectivity index (χ2v) is 6.14. The Bertz CT molecular complexity index is 646. The van der Waals surface area contributed by atoms with Gasteiger partial charge in [0.25, 0.3) is 0 Å². The zero-order valence-electron chi connectivity index (χ0n) is 14.2. The first-order valence-electron chi connectivity index (χ1n) is 8.59. The van der Waals surface area contributed by atoms with Crippen LogP contribution < -0.4 is 5.32 Å². The molecule has 0 bridgehead atoms. The average molecular weight is 327 g/mol. The van der Waals surface area contributed by atoms with Gasteiger partial charge in [0, 0.05) is 44.8 Å². The number of nitrogens with one attached hydrogen (secondary N) is 1. The number of rotatable bonds is 6. The van der Waals surface area contributed by atoms with Gasteiger partial charge < -0.3 is 9.73 Å². The third kappa shape index (κ3) is 4.24. The molecule has 2 aromatic rings. The summed E-state index contributed by atoms with van der Waals surface area (Å²) < 4.78 is 5.56. The molecule has 1 N–H and O–H groups in total. The van der Waals surface area contributed by atoms with Crippen molar-refractivity contribution in [1.82, 2.24) is 15.1 Å². The van der Waals surface area contributed by atoms with Crippen LogP contribution in [0.5, 0.6) is 0 Å². The molecule has 0 spiro atoms. The molecule has 128 valence electrons. The van der Waals surface area contributed by atoms with Gasteiger partial charge in [-0.2, -0.15) is 0 Å². The maximum absolute atomic E-state index is 11.7. The van der Waals surface area contributed by atoms with E-state index in [0.29, 0.717) is 13.1 Å². The Hall–Kier alpha value is -2.11. The van der Waals surface area contributed by atoms with Crippen molar-refractivity contribution >= 4 is 5.91 Å². The molecule has 1 aromatic carbocycles. The molecule has 1 fully saturated rings. The minimum Gasteiger partial charge on any atom is -0.464 e. The van der Waals surface area contributed by atoms with Crippen LogP contribution in [0.1, 0.15) is 12.5 Å². The van der Waals surface area contributed by atoms with Gasteiger partial charge in [-0.3, -0.25) is 14.6 Å². The molecule has 1 aromatic heterocycles. The Morgan fingerprint density at radius 1 is 1.08 bits per heavy atom. The number of hydrogen-bond acceptors (Lipinski definition) is 4. The first-order valence-corrected chi connectivity index (χ1v) is 8.59. The van der Waals surface area contributed by atoms with Crippen LogP contribution in [0.4, 0.5) is 0 Å². The van der Waals surface area contributed by atoms with Gasteiger partial charge in [0.1, 0.15) is 5.76 Å². The van der Waals surface area contributed by atoms with Gasteiger partial charge in [-0.1, -0.05) is 24.3 Å². The van der Waals surface area contributed by atoms with E-state index in [4.69, 9.17) is 4.42 Å². The lowest BCUT2D eigenvalue weighted by atomic mass is 10.0. The molecule has 0 atom stereocenters. The third-order valence-electron chi connectivity index (χ3n) is 4.40. The van der Waals surface area contributed by atoms with Crippen LogP contribution in [-0.2, 0) is 11.3 Å². The van der Waals surface area contributed by atoms with Crippen molar-refractivity contribution in [2.45, 2.75) is 13.5 Å². The van der Waals surface area contributed by atoms with Gasteiger partial charge in [0.2, 0.25) is 5.91 Å². The SMILES string of the molecule is CCNC(=O)CN1CCN(Cc2ccccc2-c2ccco2)CC1. The summed E-state index contributed by atoms with van der Waals surface area (Å²) in [6.07, 6.45) is 1.71. The van der Waals surface area contributed by atoms with E-state index in [1.54, 1.807) is 6.26 Å². The summed E-state index contributed by atoms with van der Waals surface area (Å²) in [6.45, 7) is 7.88.